The maximum absolute atomic E-state index is 12.1. The van der Waals surface area contributed by atoms with Gasteiger partial charge >= 0.3 is 0 Å². The molecular formula is C18H23N3O3. The second-order valence-corrected chi connectivity index (χ2v) is 6.21. The normalized spacial score (nSPS) is 15.2. The Labute approximate surface area is 141 Å². The minimum atomic E-state index is -0.268. The van der Waals surface area contributed by atoms with Gasteiger partial charge in [-0.25, -0.2) is 9.97 Å². The highest BCUT2D eigenvalue weighted by Gasteiger charge is 2.16. The van der Waals surface area contributed by atoms with E-state index >= 15 is 0 Å². The Morgan fingerprint density at radius 1 is 1.29 bits per heavy atom. The molecule has 2 aromatic rings. The number of pyridine rings is 1. The monoisotopic (exact) mass is 329 g/mol. The zero-order chi connectivity index (χ0) is 16.9. The molecule has 6 nitrogen and oxygen atoms in total. The Morgan fingerprint density at radius 3 is 2.71 bits per heavy atom. The van der Waals surface area contributed by atoms with Crippen LogP contribution in [0.4, 0.5) is 0 Å². The number of nitrogens with zero attached hydrogens (tertiary/aromatic N) is 2. The molecule has 0 bridgehead atoms. The summed E-state index contributed by atoms with van der Waals surface area (Å²) < 4.78 is 11.2. The molecule has 128 valence electrons. The Morgan fingerprint density at radius 2 is 2.08 bits per heavy atom. The van der Waals surface area contributed by atoms with Crippen molar-refractivity contribution in [3.8, 4) is 5.88 Å². The molecule has 1 aliphatic carbocycles. The smallest absolute Gasteiger partial charge is 0.289 e. The van der Waals surface area contributed by atoms with Crippen LogP contribution in [0, 0.1) is 13.8 Å². The van der Waals surface area contributed by atoms with Gasteiger partial charge in [0.15, 0.2) is 5.89 Å². The highest BCUT2D eigenvalue weighted by molar-refractivity contribution is 5.92. The molecule has 1 aliphatic rings. The van der Waals surface area contributed by atoms with Gasteiger partial charge in [0.05, 0.1) is 5.69 Å². The predicted molar refractivity (Wildman–Crippen MR) is 88.9 cm³/mol. The molecule has 0 radical (unpaired) electrons. The van der Waals surface area contributed by atoms with E-state index in [0.29, 0.717) is 24.0 Å². The quantitative estimate of drug-likeness (QED) is 0.910. The molecule has 3 rings (SSSR count). The van der Waals surface area contributed by atoms with Crippen molar-refractivity contribution in [3.05, 3.63) is 41.2 Å². The summed E-state index contributed by atoms with van der Waals surface area (Å²) in [6, 6.07) is 3.78. The Bertz CT molecular complexity index is 688. The van der Waals surface area contributed by atoms with E-state index in [1.807, 2.05) is 12.1 Å². The summed E-state index contributed by atoms with van der Waals surface area (Å²) in [5.74, 6) is 1.13. The molecule has 1 amide bonds. The Kier molecular flexibility index (Phi) is 5.13. The van der Waals surface area contributed by atoms with Gasteiger partial charge in [0.2, 0.25) is 11.6 Å². The summed E-state index contributed by atoms with van der Waals surface area (Å²) in [7, 11) is 0. The van der Waals surface area contributed by atoms with Crippen LogP contribution in [0.2, 0.25) is 0 Å². The second kappa shape index (κ2) is 7.47. The standard InChI is InChI=1S/C18H23N3O3/c1-12-17(23-13(2)21-12)18(22)20-11-14-8-9-16(19-10-14)24-15-6-4-3-5-7-15/h8-10,15H,3-7,11H2,1-2H3,(H,20,22). The fraction of sp³-hybridized carbons (Fsp3) is 0.500. The van der Waals surface area contributed by atoms with E-state index in [1.165, 1.54) is 19.3 Å². The number of amides is 1. The van der Waals surface area contributed by atoms with Crippen LogP contribution in [0.15, 0.2) is 22.7 Å². The molecule has 0 aromatic carbocycles. The van der Waals surface area contributed by atoms with Gasteiger partial charge in [-0.15, -0.1) is 0 Å². The minimum Gasteiger partial charge on any atom is -0.474 e. The van der Waals surface area contributed by atoms with Gasteiger partial charge in [-0.1, -0.05) is 12.5 Å². The summed E-state index contributed by atoms with van der Waals surface area (Å²) in [5.41, 5.74) is 1.51. The maximum Gasteiger partial charge on any atom is 0.289 e. The maximum atomic E-state index is 12.1. The molecule has 0 aliphatic heterocycles. The lowest BCUT2D eigenvalue weighted by Gasteiger charge is -2.22. The first-order valence-corrected chi connectivity index (χ1v) is 8.45. The van der Waals surface area contributed by atoms with Crippen molar-refractivity contribution >= 4 is 5.91 Å². The molecule has 1 fully saturated rings. The van der Waals surface area contributed by atoms with Gasteiger partial charge in [0, 0.05) is 25.7 Å². The predicted octanol–water partition coefficient (Wildman–Crippen LogP) is 3.33. The average molecular weight is 329 g/mol. The zero-order valence-electron chi connectivity index (χ0n) is 14.2. The van der Waals surface area contributed by atoms with Crippen molar-refractivity contribution in [1.82, 2.24) is 15.3 Å². The number of aromatic nitrogens is 2. The van der Waals surface area contributed by atoms with E-state index in [-0.39, 0.29) is 17.8 Å². The van der Waals surface area contributed by atoms with Crippen molar-refractivity contribution in [3.63, 3.8) is 0 Å². The molecule has 24 heavy (non-hydrogen) atoms. The van der Waals surface area contributed by atoms with Crippen molar-refractivity contribution < 1.29 is 13.9 Å². The van der Waals surface area contributed by atoms with E-state index in [9.17, 15) is 4.79 Å². The first-order chi connectivity index (χ1) is 11.6. The number of oxazole rings is 1. The topological polar surface area (TPSA) is 77.2 Å². The molecule has 0 saturated heterocycles. The van der Waals surface area contributed by atoms with Crippen LogP contribution in [-0.2, 0) is 6.54 Å². The highest BCUT2D eigenvalue weighted by atomic mass is 16.5. The molecule has 2 heterocycles. The van der Waals surface area contributed by atoms with E-state index in [0.717, 1.165) is 18.4 Å². The molecule has 0 atom stereocenters. The van der Waals surface area contributed by atoms with Gasteiger partial charge in [-0.2, -0.15) is 0 Å². The van der Waals surface area contributed by atoms with Gasteiger partial charge < -0.3 is 14.5 Å². The number of hydrogen-bond acceptors (Lipinski definition) is 5. The number of carbonyl (C=O) groups is 1. The zero-order valence-corrected chi connectivity index (χ0v) is 14.2. The summed E-state index contributed by atoms with van der Waals surface area (Å²) in [4.78, 5) is 20.5. The largest absolute Gasteiger partial charge is 0.474 e. The van der Waals surface area contributed by atoms with Gasteiger partial charge in [-0.3, -0.25) is 4.79 Å². The van der Waals surface area contributed by atoms with E-state index in [4.69, 9.17) is 9.15 Å². The van der Waals surface area contributed by atoms with E-state index in [2.05, 4.69) is 15.3 Å². The molecule has 1 saturated carbocycles. The Hall–Kier alpha value is -2.37. The lowest BCUT2D eigenvalue weighted by Crippen LogP contribution is -2.23. The summed E-state index contributed by atoms with van der Waals surface area (Å²) in [5, 5.41) is 2.82. The van der Waals surface area contributed by atoms with Gasteiger partial charge in [0.25, 0.3) is 5.91 Å². The van der Waals surface area contributed by atoms with E-state index in [1.54, 1.807) is 20.0 Å². The number of aryl methyl sites for hydroxylation is 2. The number of nitrogens with one attached hydrogen (secondary N) is 1. The van der Waals surface area contributed by atoms with Crippen LogP contribution in [0.5, 0.6) is 5.88 Å². The van der Waals surface area contributed by atoms with Crippen LogP contribution in [0.3, 0.4) is 0 Å². The van der Waals surface area contributed by atoms with Crippen LogP contribution in [0.1, 0.15) is 59.8 Å². The highest BCUT2D eigenvalue weighted by Crippen LogP contribution is 2.22. The van der Waals surface area contributed by atoms with Crippen LogP contribution in [0.25, 0.3) is 0 Å². The molecular weight excluding hydrogens is 306 g/mol. The minimum absolute atomic E-state index is 0.262. The first-order valence-electron chi connectivity index (χ1n) is 8.45. The number of ether oxygens (including phenoxy) is 1. The summed E-state index contributed by atoms with van der Waals surface area (Å²) >= 11 is 0. The van der Waals surface area contributed by atoms with Crippen molar-refractivity contribution in [2.75, 3.05) is 0 Å². The molecule has 1 N–H and O–H groups in total. The third-order valence-corrected chi connectivity index (χ3v) is 4.20. The molecule has 0 spiro atoms. The first kappa shape index (κ1) is 16.5. The Balaban J connectivity index is 1.52. The second-order valence-electron chi connectivity index (χ2n) is 6.21. The SMILES string of the molecule is Cc1nc(C)c(C(=O)NCc2ccc(OC3CCCCC3)nc2)o1. The number of rotatable bonds is 5. The fourth-order valence-corrected chi connectivity index (χ4v) is 2.94. The number of carbonyl (C=O) groups excluding carboxylic acids is 1. The lowest BCUT2D eigenvalue weighted by atomic mass is 9.98. The summed E-state index contributed by atoms with van der Waals surface area (Å²) in [6.45, 7) is 3.86. The lowest BCUT2D eigenvalue weighted by molar-refractivity contribution is 0.0921. The van der Waals surface area contributed by atoms with Crippen molar-refractivity contribution in [2.45, 2.75) is 58.6 Å². The fourth-order valence-electron chi connectivity index (χ4n) is 2.94. The summed E-state index contributed by atoms with van der Waals surface area (Å²) in [6.07, 6.45) is 8.00. The van der Waals surface area contributed by atoms with Crippen molar-refractivity contribution in [1.29, 1.82) is 0 Å². The van der Waals surface area contributed by atoms with Crippen LogP contribution >= 0.6 is 0 Å². The van der Waals surface area contributed by atoms with Crippen molar-refractivity contribution in [2.24, 2.45) is 0 Å². The molecule has 6 heteroatoms. The number of hydrogen-bond donors (Lipinski definition) is 1. The van der Waals surface area contributed by atoms with E-state index < -0.39 is 0 Å². The van der Waals surface area contributed by atoms with Crippen LogP contribution < -0.4 is 10.1 Å². The third kappa shape index (κ3) is 4.13. The third-order valence-electron chi connectivity index (χ3n) is 4.20. The molecule has 2 aromatic heterocycles. The van der Waals surface area contributed by atoms with Gasteiger partial charge in [0.1, 0.15) is 6.10 Å². The molecule has 0 unspecified atom stereocenters. The van der Waals surface area contributed by atoms with Gasteiger partial charge in [-0.05, 0) is 38.2 Å². The average Bonchev–Trinajstić information content (AvgIpc) is 2.93. The van der Waals surface area contributed by atoms with Crippen LogP contribution in [-0.4, -0.2) is 22.0 Å².